The van der Waals surface area contributed by atoms with Crippen molar-refractivity contribution in [2.45, 2.75) is 32.1 Å². The molecule has 0 saturated carbocycles. The maximum absolute atomic E-state index is 12.1. The molecule has 0 aliphatic heterocycles. The van der Waals surface area contributed by atoms with Gasteiger partial charge in [-0.05, 0) is 43.0 Å². The van der Waals surface area contributed by atoms with E-state index in [1.807, 2.05) is 30.3 Å². The number of aromatic amines is 1. The molecule has 1 heterocycles. The molecule has 2 aromatic carbocycles. The van der Waals surface area contributed by atoms with E-state index >= 15 is 0 Å². The minimum atomic E-state index is -0.486. The van der Waals surface area contributed by atoms with E-state index in [4.69, 9.17) is 5.73 Å². The van der Waals surface area contributed by atoms with Gasteiger partial charge in [0, 0.05) is 25.2 Å². The van der Waals surface area contributed by atoms with Crippen LogP contribution < -0.4 is 20.8 Å². The van der Waals surface area contributed by atoms with Gasteiger partial charge in [-0.2, -0.15) is 0 Å². The Morgan fingerprint density at radius 2 is 1.87 bits per heavy atom. The third kappa shape index (κ3) is 6.08. The van der Waals surface area contributed by atoms with Crippen molar-refractivity contribution in [1.29, 1.82) is 0 Å². The Hall–Kier alpha value is -3.33. The number of benzene rings is 2. The zero-order chi connectivity index (χ0) is 22.2. The Labute approximate surface area is 183 Å². The lowest BCUT2D eigenvalue weighted by Crippen LogP contribution is -2.36. The van der Waals surface area contributed by atoms with Gasteiger partial charge in [0.15, 0.2) is 0 Å². The van der Waals surface area contributed by atoms with Crippen LogP contribution in [0.15, 0.2) is 47.3 Å². The summed E-state index contributed by atoms with van der Waals surface area (Å²) in [6.07, 6.45) is 3.25. The van der Waals surface area contributed by atoms with Gasteiger partial charge in [-0.15, -0.1) is 0 Å². The first kappa shape index (κ1) is 22.4. The van der Waals surface area contributed by atoms with Crippen LogP contribution in [0.5, 0.6) is 5.75 Å². The highest BCUT2D eigenvalue weighted by atomic mass is 32.1. The van der Waals surface area contributed by atoms with Crippen molar-refractivity contribution < 1.29 is 14.7 Å². The number of aromatic nitrogens is 1. The standard InChI is InChI=1S/C22H26N4O4S/c23-21(29)26(16-7-3-1-4-8-16)14-6-2-5-9-18(28)24-13-12-15-10-11-17(27)19-20(15)31-22(30)25-19/h1,3-4,7-8,10-11,27H,2,5-6,9,12-14H2,(H2,23,29)(H,24,28)(H,25,30). The van der Waals surface area contributed by atoms with Crippen molar-refractivity contribution in [2.24, 2.45) is 5.73 Å². The monoisotopic (exact) mass is 442 g/mol. The average Bonchev–Trinajstić information content (AvgIpc) is 3.15. The quantitative estimate of drug-likeness (QED) is 0.360. The number of aromatic hydroxyl groups is 1. The van der Waals surface area contributed by atoms with Gasteiger partial charge in [0.25, 0.3) is 0 Å². The van der Waals surface area contributed by atoms with Crippen LogP contribution >= 0.6 is 11.3 Å². The summed E-state index contributed by atoms with van der Waals surface area (Å²) in [5.41, 5.74) is 7.59. The maximum Gasteiger partial charge on any atom is 0.319 e. The van der Waals surface area contributed by atoms with E-state index in [0.29, 0.717) is 31.4 Å². The van der Waals surface area contributed by atoms with Crippen molar-refractivity contribution in [3.8, 4) is 5.75 Å². The number of rotatable bonds is 10. The molecule has 31 heavy (non-hydrogen) atoms. The predicted octanol–water partition coefficient (Wildman–Crippen LogP) is 3.10. The molecule has 0 saturated heterocycles. The van der Waals surface area contributed by atoms with Crippen LogP contribution in [-0.4, -0.2) is 35.1 Å². The van der Waals surface area contributed by atoms with Crippen LogP contribution in [0.3, 0.4) is 0 Å². The molecule has 8 nitrogen and oxygen atoms in total. The maximum atomic E-state index is 12.1. The molecule has 0 bridgehead atoms. The van der Waals surface area contributed by atoms with E-state index < -0.39 is 6.03 Å². The number of unbranched alkanes of at least 4 members (excludes halogenated alkanes) is 2. The summed E-state index contributed by atoms with van der Waals surface area (Å²) in [7, 11) is 0. The minimum Gasteiger partial charge on any atom is -0.506 e. The highest BCUT2D eigenvalue weighted by Gasteiger charge is 2.12. The highest BCUT2D eigenvalue weighted by Crippen LogP contribution is 2.27. The Kier molecular flexibility index (Phi) is 7.66. The molecule has 0 aliphatic rings. The number of hydrogen-bond acceptors (Lipinski definition) is 5. The Bertz CT molecular complexity index is 1090. The summed E-state index contributed by atoms with van der Waals surface area (Å²) < 4.78 is 0.719. The number of carbonyl (C=O) groups is 2. The second-order valence-corrected chi connectivity index (χ2v) is 8.18. The minimum absolute atomic E-state index is 0.0351. The normalized spacial score (nSPS) is 10.8. The molecule has 0 atom stereocenters. The largest absolute Gasteiger partial charge is 0.506 e. The summed E-state index contributed by atoms with van der Waals surface area (Å²) in [5.74, 6) is 0.00963. The van der Waals surface area contributed by atoms with E-state index in [2.05, 4.69) is 10.3 Å². The van der Waals surface area contributed by atoms with Crippen LogP contribution in [0.25, 0.3) is 10.2 Å². The zero-order valence-electron chi connectivity index (χ0n) is 17.1. The third-order valence-electron chi connectivity index (χ3n) is 4.98. The molecule has 0 radical (unpaired) electrons. The van der Waals surface area contributed by atoms with Crippen molar-refractivity contribution >= 4 is 39.2 Å². The lowest BCUT2D eigenvalue weighted by atomic mass is 10.1. The SMILES string of the molecule is NC(=O)N(CCCCCC(=O)NCCc1ccc(O)c2[nH]c(=O)sc12)c1ccccc1. The number of primary amides is 1. The lowest BCUT2D eigenvalue weighted by molar-refractivity contribution is -0.121. The fourth-order valence-corrected chi connectivity index (χ4v) is 4.30. The first-order valence-electron chi connectivity index (χ1n) is 10.2. The summed E-state index contributed by atoms with van der Waals surface area (Å²) >= 11 is 1.05. The molecule has 0 spiro atoms. The van der Waals surface area contributed by atoms with Gasteiger partial charge >= 0.3 is 10.9 Å². The summed E-state index contributed by atoms with van der Waals surface area (Å²) in [4.78, 5) is 39.3. The number of H-pyrrole nitrogens is 1. The zero-order valence-corrected chi connectivity index (χ0v) is 17.9. The molecule has 0 aliphatic carbocycles. The number of phenolic OH excluding ortho intramolecular Hbond substituents is 1. The van der Waals surface area contributed by atoms with Crippen molar-refractivity contribution in [2.75, 3.05) is 18.0 Å². The van der Waals surface area contributed by atoms with Crippen molar-refractivity contribution in [1.82, 2.24) is 10.3 Å². The van der Waals surface area contributed by atoms with Gasteiger partial charge in [-0.3, -0.25) is 14.5 Å². The number of nitrogens with zero attached hydrogens (tertiary/aromatic N) is 1. The molecule has 3 amide bonds. The number of urea groups is 1. The van der Waals surface area contributed by atoms with E-state index in [1.54, 1.807) is 12.1 Å². The Morgan fingerprint density at radius 1 is 1.10 bits per heavy atom. The summed E-state index contributed by atoms with van der Waals surface area (Å²) in [5, 5.41) is 12.7. The molecule has 0 fully saturated rings. The molecule has 0 unspecified atom stereocenters. The number of anilines is 1. The molecular weight excluding hydrogens is 416 g/mol. The van der Waals surface area contributed by atoms with Gasteiger partial charge in [-0.25, -0.2) is 4.79 Å². The summed E-state index contributed by atoms with van der Waals surface area (Å²) in [6.45, 7) is 0.964. The van der Waals surface area contributed by atoms with Gasteiger partial charge < -0.3 is 21.1 Å². The number of fused-ring (bicyclic) bond motifs is 1. The topological polar surface area (TPSA) is 129 Å². The predicted molar refractivity (Wildman–Crippen MR) is 123 cm³/mol. The lowest BCUT2D eigenvalue weighted by Gasteiger charge is -2.20. The number of hydrogen-bond donors (Lipinski definition) is 4. The van der Waals surface area contributed by atoms with Crippen molar-refractivity contribution in [3.63, 3.8) is 0 Å². The molecule has 3 aromatic rings. The van der Waals surface area contributed by atoms with E-state index in [0.717, 1.165) is 46.6 Å². The molecule has 1 aromatic heterocycles. The van der Waals surface area contributed by atoms with E-state index in [-0.39, 0.29) is 16.5 Å². The first-order chi connectivity index (χ1) is 15.0. The fourth-order valence-electron chi connectivity index (χ4n) is 3.40. The van der Waals surface area contributed by atoms with Crippen LogP contribution in [0.1, 0.15) is 31.2 Å². The number of nitrogens with two attached hydrogens (primary N) is 1. The molecule has 5 N–H and O–H groups in total. The second-order valence-electron chi connectivity index (χ2n) is 7.20. The number of nitrogens with one attached hydrogen (secondary N) is 2. The number of thiazole rings is 1. The first-order valence-corrected chi connectivity index (χ1v) is 11.0. The van der Waals surface area contributed by atoms with E-state index in [1.165, 1.54) is 4.90 Å². The van der Waals surface area contributed by atoms with Crippen LogP contribution in [0.2, 0.25) is 0 Å². The van der Waals surface area contributed by atoms with Gasteiger partial charge in [0.05, 0.1) is 4.70 Å². The number of amides is 3. The highest BCUT2D eigenvalue weighted by molar-refractivity contribution is 7.16. The average molecular weight is 443 g/mol. The van der Waals surface area contributed by atoms with Crippen LogP contribution in [0.4, 0.5) is 10.5 Å². The molecule has 3 rings (SSSR count). The smallest absolute Gasteiger partial charge is 0.319 e. The third-order valence-corrected chi connectivity index (χ3v) is 5.93. The van der Waals surface area contributed by atoms with E-state index in [9.17, 15) is 19.5 Å². The molecule has 164 valence electrons. The number of phenols is 1. The van der Waals surface area contributed by atoms with Gasteiger partial charge in [-0.1, -0.05) is 42.0 Å². The van der Waals surface area contributed by atoms with Crippen LogP contribution in [0, 0.1) is 0 Å². The van der Waals surface area contributed by atoms with Gasteiger partial charge in [0.2, 0.25) is 5.91 Å². The number of carbonyl (C=O) groups excluding carboxylic acids is 2. The molecular formula is C22H26N4O4S. The van der Waals surface area contributed by atoms with Gasteiger partial charge in [0.1, 0.15) is 11.3 Å². The Balaban J connectivity index is 1.37. The summed E-state index contributed by atoms with van der Waals surface area (Å²) in [6, 6.07) is 12.1. The second kappa shape index (κ2) is 10.6. The Morgan fingerprint density at radius 3 is 2.61 bits per heavy atom. The van der Waals surface area contributed by atoms with Crippen molar-refractivity contribution in [3.05, 3.63) is 57.7 Å². The fraction of sp³-hybridized carbons (Fsp3) is 0.318. The van der Waals surface area contributed by atoms with Crippen LogP contribution in [-0.2, 0) is 11.2 Å². The number of para-hydroxylation sites is 1. The molecule has 9 heteroatoms.